The van der Waals surface area contributed by atoms with E-state index >= 15 is 0 Å². The zero-order chi connectivity index (χ0) is 25.8. The van der Waals surface area contributed by atoms with Crippen molar-refractivity contribution in [1.29, 1.82) is 0 Å². The van der Waals surface area contributed by atoms with E-state index in [1.807, 2.05) is 19.1 Å². The van der Waals surface area contributed by atoms with Crippen LogP contribution in [0.4, 0.5) is 0 Å². The van der Waals surface area contributed by atoms with Crippen LogP contribution in [-0.2, 0) is 21.1 Å². The molecule has 1 fully saturated rings. The number of rotatable bonds is 9. The van der Waals surface area contributed by atoms with Gasteiger partial charge in [0.2, 0.25) is 5.75 Å². The Bertz CT molecular complexity index is 1170. The molecule has 1 heterocycles. The first kappa shape index (κ1) is 29.7. The lowest BCUT2D eigenvalue weighted by atomic mass is 10.0. The van der Waals surface area contributed by atoms with E-state index in [1.54, 1.807) is 33.5 Å². The largest absolute Gasteiger partial charge is 0.493 e. The molecular formula is C25H35ClN2O7S. The number of carbonyl (C=O) groups excluding carboxylic acids is 1. The number of piperazine rings is 1. The molecule has 1 aliphatic heterocycles. The Morgan fingerprint density at radius 3 is 2.11 bits per heavy atom. The lowest BCUT2D eigenvalue weighted by molar-refractivity contribution is 0.0600. The van der Waals surface area contributed by atoms with Crippen molar-refractivity contribution in [3.63, 3.8) is 0 Å². The van der Waals surface area contributed by atoms with Gasteiger partial charge in [-0.05, 0) is 30.7 Å². The first-order valence-corrected chi connectivity index (χ1v) is 13.2. The minimum atomic E-state index is -3.53. The second-order valence-corrected chi connectivity index (χ2v) is 10.5. The van der Waals surface area contributed by atoms with Crippen LogP contribution >= 0.6 is 12.4 Å². The Morgan fingerprint density at radius 1 is 0.944 bits per heavy atom. The molecule has 0 saturated carbocycles. The van der Waals surface area contributed by atoms with Gasteiger partial charge < -0.3 is 18.9 Å². The standard InChI is InChI=1S/C25H34N2O7S.ClH/c1-17(20-9-7-18(25(28)34-5)15-22(20)35(6,29)30)27-13-11-26(12-14-27)16-19-8-10-21(31-2)24(33-4)23(19)32-3;/h7-10,15,17H,11-14,16H2,1-6H3;1H. The molecular weight excluding hydrogens is 508 g/mol. The number of sulfone groups is 1. The van der Waals surface area contributed by atoms with Crippen LogP contribution in [0.5, 0.6) is 17.2 Å². The van der Waals surface area contributed by atoms with Crippen LogP contribution in [0.3, 0.4) is 0 Å². The van der Waals surface area contributed by atoms with Gasteiger partial charge in [0, 0.05) is 50.6 Å². The third-order valence-electron chi connectivity index (χ3n) is 6.42. The fraction of sp³-hybridized carbons (Fsp3) is 0.480. The van der Waals surface area contributed by atoms with E-state index in [0.717, 1.165) is 38.0 Å². The second-order valence-electron chi connectivity index (χ2n) is 8.50. The Morgan fingerprint density at radius 2 is 1.58 bits per heavy atom. The van der Waals surface area contributed by atoms with Crippen LogP contribution in [-0.4, -0.2) is 85.1 Å². The van der Waals surface area contributed by atoms with Gasteiger partial charge >= 0.3 is 5.97 Å². The Labute approximate surface area is 219 Å². The number of methoxy groups -OCH3 is 4. The van der Waals surface area contributed by atoms with E-state index in [9.17, 15) is 13.2 Å². The van der Waals surface area contributed by atoms with E-state index < -0.39 is 15.8 Å². The first-order chi connectivity index (χ1) is 16.6. The molecule has 1 aliphatic rings. The van der Waals surface area contributed by atoms with Crippen molar-refractivity contribution < 1.29 is 32.2 Å². The normalized spacial score (nSPS) is 15.5. The molecule has 2 aromatic carbocycles. The van der Waals surface area contributed by atoms with Gasteiger partial charge in [-0.2, -0.15) is 0 Å². The topological polar surface area (TPSA) is 94.6 Å². The lowest BCUT2D eigenvalue weighted by Gasteiger charge is -2.38. The highest BCUT2D eigenvalue weighted by Crippen LogP contribution is 2.40. The van der Waals surface area contributed by atoms with E-state index in [4.69, 9.17) is 18.9 Å². The molecule has 36 heavy (non-hydrogen) atoms. The van der Waals surface area contributed by atoms with E-state index in [1.165, 1.54) is 13.2 Å². The van der Waals surface area contributed by atoms with Crippen molar-refractivity contribution >= 4 is 28.2 Å². The van der Waals surface area contributed by atoms with E-state index in [0.29, 0.717) is 29.4 Å². The molecule has 0 radical (unpaired) electrons. The highest BCUT2D eigenvalue weighted by molar-refractivity contribution is 7.90. The van der Waals surface area contributed by atoms with Gasteiger partial charge in [0.15, 0.2) is 21.3 Å². The summed E-state index contributed by atoms with van der Waals surface area (Å²) in [6, 6.07) is 8.47. The van der Waals surface area contributed by atoms with Crippen molar-refractivity contribution in [1.82, 2.24) is 9.80 Å². The molecule has 0 bridgehead atoms. The predicted octanol–water partition coefficient (Wildman–Crippen LogP) is 3.20. The van der Waals surface area contributed by atoms with Crippen molar-refractivity contribution in [2.45, 2.75) is 24.4 Å². The Balaban J connectivity index is 0.00000456. The highest BCUT2D eigenvalue weighted by Gasteiger charge is 2.28. The fourth-order valence-corrected chi connectivity index (χ4v) is 5.49. The quantitative estimate of drug-likeness (QED) is 0.443. The fourth-order valence-electron chi connectivity index (χ4n) is 4.48. The maximum Gasteiger partial charge on any atom is 0.337 e. The Kier molecular flexibility index (Phi) is 10.4. The van der Waals surface area contributed by atoms with E-state index in [2.05, 4.69) is 9.80 Å². The van der Waals surface area contributed by atoms with Gasteiger partial charge in [-0.1, -0.05) is 12.1 Å². The summed E-state index contributed by atoms with van der Waals surface area (Å²) in [5, 5.41) is 0. The zero-order valence-electron chi connectivity index (χ0n) is 21.6. The van der Waals surface area contributed by atoms with E-state index in [-0.39, 0.29) is 28.9 Å². The number of ether oxygens (including phenoxy) is 4. The third kappa shape index (κ3) is 6.42. The summed E-state index contributed by atoms with van der Waals surface area (Å²) in [4.78, 5) is 16.7. The van der Waals surface area contributed by atoms with Crippen molar-refractivity contribution in [3.05, 3.63) is 47.0 Å². The van der Waals surface area contributed by atoms with Crippen LogP contribution in [0.1, 0.15) is 34.5 Å². The molecule has 0 spiro atoms. The summed E-state index contributed by atoms with van der Waals surface area (Å²) in [5.74, 6) is 1.29. The van der Waals surface area contributed by atoms with Gasteiger partial charge in [-0.3, -0.25) is 9.80 Å². The number of benzene rings is 2. The van der Waals surface area contributed by atoms with Gasteiger partial charge in [0.05, 0.1) is 38.9 Å². The molecule has 11 heteroatoms. The highest BCUT2D eigenvalue weighted by atomic mass is 35.5. The van der Waals surface area contributed by atoms with Gasteiger partial charge in [0.1, 0.15) is 0 Å². The molecule has 1 unspecified atom stereocenters. The second kappa shape index (κ2) is 12.6. The SMILES string of the molecule is COC(=O)c1ccc(C(C)N2CCN(Cc3ccc(OC)c(OC)c3OC)CC2)c(S(C)(=O)=O)c1.Cl. The average Bonchev–Trinajstić information content (AvgIpc) is 2.86. The maximum atomic E-state index is 12.5. The third-order valence-corrected chi connectivity index (χ3v) is 7.57. The molecule has 0 N–H and O–H groups in total. The minimum Gasteiger partial charge on any atom is -0.493 e. The molecule has 0 aliphatic carbocycles. The predicted molar refractivity (Wildman–Crippen MR) is 140 cm³/mol. The molecule has 3 rings (SSSR count). The average molecular weight is 543 g/mol. The van der Waals surface area contributed by atoms with Crippen LogP contribution in [0.2, 0.25) is 0 Å². The molecule has 2 aromatic rings. The van der Waals surface area contributed by atoms with Crippen LogP contribution < -0.4 is 14.2 Å². The van der Waals surface area contributed by atoms with Crippen molar-refractivity contribution in [2.24, 2.45) is 0 Å². The van der Waals surface area contributed by atoms with Gasteiger partial charge in [-0.15, -0.1) is 12.4 Å². The molecule has 0 aromatic heterocycles. The van der Waals surface area contributed by atoms with Crippen LogP contribution in [0.15, 0.2) is 35.2 Å². The van der Waals surface area contributed by atoms with Gasteiger partial charge in [0.25, 0.3) is 0 Å². The number of esters is 1. The van der Waals surface area contributed by atoms with Gasteiger partial charge in [-0.25, -0.2) is 13.2 Å². The monoisotopic (exact) mass is 542 g/mol. The summed E-state index contributed by atoms with van der Waals surface area (Å²) in [6.45, 7) is 5.81. The van der Waals surface area contributed by atoms with Crippen molar-refractivity contribution in [2.75, 3.05) is 60.9 Å². The summed E-state index contributed by atoms with van der Waals surface area (Å²) in [5.41, 5.74) is 1.90. The number of hydrogen-bond donors (Lipinski definition) is 0. The lowest BCUT2D eigenvalue weighted by Crippen LogP contribution is -2.46. The summed E-state index contributed by atoms with van der Waals surface area (Å²) < 4.78 is 46.3. The molecule has 9 nitrogen and oxygen atoms in total. The van der Waals surface area contributed by atoms with Crippen LogP contribution in [0.25, 0.3) is 0 Å². The summed E-state index contributed by atoms with van der Waals surface area (Å²) in [6.07, 6.45) is 1.16. The number of carbonyl (C=O) groups is 1. The zero-order valence-corrected chi connectivity index (χ0v) is 23.2. The first-order valence-electron chi connectivity index (χ1n) is 11.3. The minimum absolute atomic E-state index is 0. The molecule has 1 saturated heterocycles. The maximum absolute atomic E-state index is 12.5. The number of nitrogens with zero attached hydrogens (tertiary/aromatic N) is 2. The number of hydrogen-bond acceptors (Lipinski definition) is 9. The smallest absolute Gasteiger partial charge is 0.337 e. The molecule has 200 valence electrons. The molecule has 0 amide bonds. The number of halogens is 1. The molecule has 1 atom stereocenters. The van der Waals surface area contributed by atoms with Crippen LogP contribution in [0, 0.1) is 0 Å². The summed E-state index contributed by atoms with van der Waals surface area (Å²) >= 11 is 0. The van der Waals surface area contributed by atoms with Crippen molar-refractivity contribution in [3.8, 4) is 17.2 Å². The Hall–Kier alpha value is -2.53. The summed E-state index contributed by atoms with van der Waals surface area (Å²) in [7, 11) is 2.54.